The summed E-state index contributed by atoms with van der Waals surface area (Å²) >= 11 is 0. The Morgan fingerprint density at radius 2 is 1.55 bits per heavy atom. The van der Waals surface area contributed by atoms with E-state index < -0.39 is 6.10 Å². The molecule has 0 saturated carbocycles. The van der Waals surface area contributed by atoms with Gasteiger partial charge in [0.2, 0.25) is 0 Å². The lowest BCUT2D eigenvalue weighted by Crippen LogP contribution is -2.02. The van der Waals surface area contributed by atoms with Crippen molar-refractivity contribution >= 4 is 5.69 Å². The van der Waals surface area contributed by atoms with Crippen molar-refractivity contribution in [2.45, 2.75) is 13.0 Å². The van der Waals surface area contributed by atoms with E-state index in [-0.39, 0.29) is 0 Å². The number of hydrogen-bond donors (Lipinski definition) is 2. The fourth-order valence-electron chi connectivity index (χ4n) is 2.08. The summed E-state index contributed by atoms with van der Waals surface area (Å²) in [6, 6.07) is 10.9. The molecule has 0 saturated heterocycles. The standard InChI is InChI=1S/C16H19NO3/c1-10-8-11(4-6-13(10)17)16(18)12-5-7-14(19-2)15(9-12)20-3/h4-9,16,18H,17H2,1-3H3. The van der Waals surface area contributed by atoms with Crippen LogP contribution in [0.15, 0.2) is 36.4 Å². The molecule has 0 fully saturated rings. The van der Waals surface area contributed by atoms with Crippen molar-refractivity contribution in [3.05, 3.63) is 53.1 Å². The number of methoxy groups -OCH3 is 2. The molecule has 0 aromatic heterocycles. The first-order chi connectivity index (χ1) is 9.56. The largest absolute Gasteiger partial charge is 0.493 e. The van der Waals surface area contributed by atoms with E-state index in [0.29, 0.717) is 17.2 Å². The van der Waals surface area contributed by atoms with Gasteiger partial charge in [0.15, 0.2) is 11.5 Å². The van der Waals surface area contributed by atoms with Crippen molar-refractivity contribution in [1.29, 1.82) is 0 Å². The first-order valence-electron chi connectivity index (χ1n) is 6.33. The van der Waals surface area contributed by atoms with Gasteiger partial charge in [0.05, 0.1) is 14.2 Å². The number of hydrogen-bond acceptors (Lipinski definition) is 4. The smallest absolute Gasteiger partial charge is 0.161 e. The van der Waals surface area contributed by atoms with Crippen LogP contribution < -0.4 is 15.2 Å². The van der Waals surface area contributed by atoms with E-state index in [4.69, 9.17) is 15.2 Å². The minimum Gasteiger partial charge on any atom is -0.493 e. The number of benzene rings is 2. The summed E-state index contributed by atoms with van der Waals surface area (Å²) in [7, 11) is 3.15. The van der Waals surface area contributed by atoms with Gasteiger partial charge in [-0.05, 0) is 41.8 Å². The molecule has 2 rings (SSSR count). The Morgan fingerprint density at radius 3 is 2.15 bits per heavy atom. The van der Waals surface area contributed by atoms with Crippen molar-refractivity contribution in [3.8, 4) is 11.5 Å². The van der Waals surface area contributed by atoms with Gasteiger partial charge in [-0.3, -0.25) is 0 Å². The maximum absolute atomic E-state index is 10.5. The molecule has 0 bridgehead atoms. The number of nitrogen functional groups attached to an aromatic ring is 1. The second kappa shape index (κ2) is 5.84. The second-order valence-electron chi connectivity index (χ2n) is 4.63. The molecule has 1 atom stereocenters. The quantitative estimate of drug-likeness (QED) is 0.841. The zero-order chi connectivity index (χ0) is 14.7. The van der Waals surface area contributed by atoms with Gasteiger partial charge in [-0.25, -0.2) is 0 Å². The van der Waals surface area contributed by atoms with Crippen LogP contribution in [0.1, 0.15) is 22.8 Å². The lowest BCUT2D eigenvalue weighted by molar-refractivity contribution is 0.219. The summed E-state index contributed by atoms with van der Waals surface area (Å²) < 4.78 is 10.4. The molecule has 106 valence electrons. The normalized spacial score (nSPS) is 12.0. The van der Waals surface area contributed by atoms with E-state index >= 15 is 0 Å². The Hall–Kier alpha value is -2.20. The first kappa shape index (κ1) is 14.2. The molecule has 0 amide bonds. The molecule has 0 aliphatic carbocycles. The Kier molecular flexibility index (Phi) is 4.15. The first-order valence-corrected chi connectivity index (χ1v) is 6.33. The molecule has 0 heterocycles. The van der Waals surface area contributed by atoms with Gasteiger partial charge in [0.25, 0.3) is 0 Å². The Bertz CT molecular complexity index is 611. The SMILES string of the molecule is COc1ccc(C(O)c2ccc(N)c(C)c2)cc1OC. The molecule has 0 radical (unpaired) electrons. The van der Waals surface area contributed by atoms with Crippen LogP contribution in [0, 0.1) is 6.92 Å². The van der Waals surface area contributed by atoms with Gasteiger partial charge in [-0.1, -0.05) is 18.2 Å². The number of aliphatic hydroxyl groups is 1. The van der Waals surface area contributed by atoms with Crippen molar-refractivity contribution in [2.75, 3.05) is 20.0 Å². The third kappa shape index (κ3) is 2.70. The molecule has 1 unspecified atom stereocenters. The number of aliphatic hydroxyl groups excluding tert-OH is 1. The lowest BCUT2D eigenvalue weighted by Gasteiger charge is -2.15. The van der Waals surface area contributed by atoms with Gasteiger partial charge in [-0.15, -0.1) is 0 Å². The van der Waals surface area contributed by atoms with Crippen molar-refractivity contribution in [2.24, 2.45) is 0 Å². The molecular formula is C16H19NO3. The molecule has 0 aliphatic rings. The second-order valence-corrected chi connectivity index (χ2v) is 4.63. The Morgan fingerprint density at radius 1 is 0.950 bits per heavy atom. The van der Waals surface area contributed by atoms with Crippen LogP contribution in [-0.4, -0.2) is 19.3 Å². The molecule has 20 heavy (non-hydrogen) atoms. The number of aryl methyl sites for hydroxylation is 1. The molecule has 2 aromatic carbocycles. The molecule has 0 aliphatic heterocycles. The fraction of sp³-hybridized carbons (Fsp3) is 0.250. The van der Waals surface area contributed by atoms with Crippen LogP contribution in [0.25, 0.3) is 0 Å². The monoisotopic (exact) mass is 273 g/mol. The summed E-state index contributed by atoms with van der Waals surface area (Å²) in [5.74, 6) is 1.23. The zero-order valence-corrected chi connectivity index (χ0v) is 11.9. The number of ether oxygens (including phenoxy) is 2. The summed E-state index contributed by atoms with van der Waals surface area (Å²) in [4.78, 5) is 0. The van der Waals surface area contributed by atoms with Gasteiger partial charge in [0.1, 0.15) is 6.10 Å². The van der Waals surface area contributed by atoms with Crippen LogP contribution in [0.5, 0.6) is 11.5 Å². The minimum absolute atomic E-state index is 0.594. The highest BCUT2D eigenvalue weighted by atomic mass is 16.5. The molecular weight excluding hydrogens is 254 g/mol. The summed E-state index contributed by atoms with van der Waals surface area (Å²) in [6.45, 7) is 1.92. The zero-order valence-electron chi connectivity index (χ0n) is 11.9. The topological polar surface area (TPSA) is 64.7 Å². The Labute approximate surface area is 118 Å². The maximum Gasteiger partial charge on any atom is 0.161 e. The number of rotatable bonds is 4. The summed E-state index contributed by atoms with van der Waals surface area (Å²) in [6.07, 6.45) is -0.728. The van der Waals surface area contributed by atoms with Crippen LogP contribution in [-0.2, 0) is 0 Å². The van der Waals surface area contributed by atoms with E-state index in [1.807, 2.05) is 25.1 Å². The van der Waals surface area contributed by atoms with Gasteiger partial charge >= 0.3 is 0 Å². The fourth-order valence-corrected chi connectivity index (χ4v) is 2.08. The summed E-state index contributed by atoms with van der Waals surface area (Å²) in [5, 5.41) is 10.5. The van der Waals surface area contributed by atoms with Crippen molar-refractivity contribution in [1.82, 2.24) is 0 Å². The van der Waals surface area contributed by atoms with Gasteiger partial charge < -0.3 is 20.3 Å². The van der Waals surface area contributed by atoms with Crippen molar-refractivity contribution in [3.63, 3.8) is 0 Å². The van der Waals surface area contributed by atoms with E-state index in [0.717, 1.165) is 16.7 Å². The third-order valence-electron chi connectivity index (χ3n) is 3.33. The maximum atomic E-state index is 10.5. The lowest BCUT2D eigenvalue weighted by atomic mass is 9.99. The van der Waals surface area contributed by atoms with E-state index in [1.54, 1.807) is 32.4 Å². The predicted octanol–water partition coefficient (Wildman–Crippen LogP) is 2.68. The molecule has 4 heteroatoms. The van der Waals surface area contributed by atoms with Crippen LogP contribution in [0.4, 0.5) is 5.69 Å². The minimum atomic E-state index is -0.728. The average molecular weight is 273 g/mol. The highest BCUT2D eigenvalue weighted by molar-refractivity contribution is 5.50. The molecule has 0 spiro atoms. The third-order valence-corrected chi connectivity index (χ3v) is 3.33. The van der Waals surface area contributed by atoms with E-state index in [9.17, 15) is 5.11 Å². The van der Waals surface area contributed by atoms with Gasteiger partial charge in [-0.2, -0.15) is 0 Å². The Balaban J connectivity index is 2.37. The van der Waals surface area contributed by atoms with Crippen LogP contribution in [0.2, 0.25) is 0 Å². The predicted molar refractivity (Wildman–Crippen MR) is 79.2 cm³/mol. The van der Waals surface area contributed by atoms with E-state index in [1.165, 1.54) is 0 Å². The molecule has 3 N–H and O–H groups in total. The van der Waals surface area contributed by atoms with Crippen molar-refractivity contribution < 1.29 is 14.6 Å². The van der Waals surface area contributed by atoms with E-state index in [2.05, 4.69) is 0 Å². The average Bonchev–Trinajstić information content (AvgIpc) is 2.48. The molecule has 2 aromatic rings. The van der Waals surface area contributed by atoms with Gasteiger partial charge in [0, 0.05) is 5.69 Å². The van der Waals surface area contributed by atoms with Crippen LogP contribution in [0.3, 0.4) is 0 Å². The molecule has 4 nitrogen and oxygen atoms in total. The highest BCUT2D eigenvalue weighted by Crippen LogP contribution is 2.32. The highest BCUT2D eigenvalue weighted by Gasteiger charge is 2.14. The summed E-state index contributed by atoms with van der Waals surface area (Å²) in [5.41, 5.74) is 8.99. The number of nitrogens with two attached hydrogens (primary N) is 1. The number of anilines is 1. The van der Waals surface area contributed by atoms with Crippen LogP contribution >= 0.6 is 0 Å².